The Balaban J connectivity index is 2.87. The van der Waals surface area contributed by atoms with Gasteiger partial charge in [0, 0.05) is 23.2 Å². The molecule has 0 aliphatic carbocycles. The van der Waals surface area contributed by atoms with Crippen molar-refractivity contribution in [2.75, 3.05) is 13.7 Å². The zero-order chi connectivity index (χ0) is 13.7. The third-order valence-corrected chi connectivity index (χ3v) is 3.07. The van der Waals surface area contributed by atoms with Gasteiger partial charge < -0.3 is 4.74 Å². The second-order valence-corrected chi connectivity index (χ2v) is 4.68. The summed E-state index contributed by atoms with van der Waals surface area (Å²) in [4.78, 5) is 13.1. The van der Waals surface area contributed by atoms with E-state index in [1.807, 2.05) is 13.8 Å². The zero-order valence-corrected chi connectivity index (χ0v) is 11.5. The van der Waals surface area contributed by atoms with Crippen molar-refractivity contribution in [3.63, 3.8) is 0 Å². The Labute approximate surface area is 111 Å². The van der Waals surface area contributed by atoms with Crippen LogP contribution >= 0.6 is 11.6 Å². The molecule has 1 aromatic carbocycles. The zero-order valence-electron chi connectivity index (χ0n) is 10.7. The number of hydrogen-bond acceptors (Lipinski definition) is 3. The molecule has 5 heteroatoms. The van der Waals surface area contributed by atoms with Crippen LogP contribution in [0.25, 0.3) is 0 Å². The summed E-state index contributed by atoms with van der Waals surface area (Å²) in [5, 5.41) is 0.366. The first-order valence-electron chi connectivity index (χ1n) is 5.69. The fraction of sp³-hybridized carbons (Fsp3) is 0.462. The number of methoxy groups -OCH3 is 1. The highest BCUT2D eigenvalue weighted by atomic mass is 35.5. The maximum Gasteiger partial charge on any atom is 0.319 e. The van der Waals surface area contributed by atoms with Crippen LogP contribution in [0, 0.1) is 5.82 Å². The molecule has 0 saturated heterocycles. The number of nitrogens with zero attached hydrogens (tertiary/aromatic N) is 1. The van der Waals surface area contributed by atoms with Gasteiger partial charge in [-0.3, -0.25) is 9.69 Å². The van der Waals surface area contributed by atoms with Crippen LogP contribution in [0.1, 0.15) is 19.4 Å². The standard InChI is InChI=1S/C13H17ClFNO2/c1-9(2)16(8-13(17)18-3)7-10-11(14)5-4-6-12(10)15/h4-6,9H,7-8H2,1-3H3. The molecular formula is C13H17ClFNO2. The second-order valence-electron chi connectivity index (χ2n) is 4.28. The molecule has 0 bridgehead atoms. The van der Waals surface area contributed by atoms with E-state index in [1.54, 1.807) is 17.0 Å². The molecule has 0 aliphatic heterocycles. The smallest absolute Gasteiger partial charge is 0.319 e. The molecular weight excluding hydrogens is 257 g/mol. The van der Waals surface area contributed by atoms with Crippen molar-refractivity contribution < 1.29 is 13.9 Å². The molecule has 0 aliphatic rings. The van der Waals surface area contributed by atoms with Gasteiger partial charge in [-0.2, -0.15) is 0 Å². The van der Waals surface area contributed by atoms with E-state index < -0.39 is 0 Å². The van der Waals surface area contributed by atoms with Crippen molar-refractivity contribution in [3.05, 3.63) is 34.6 Å². The Kier molecular flexibility index (Phi) is 5.56. The summed E-state index contributed by atoms with van der Waals surface area (Å²) in [6.45, 7) is 4.24. The molecule has 18 heavy (non-hydrogen) atoms. The predicted molar refractivity (Wildman–Crippen MR) is 69.0 cm³/mol. The van der Waals surface area contributed by atoms with Gasteiger partial charge in [-0.05, 0) is 26.0 Å². The van der Waals surface area contributed by atoms with Crippen molar-refractivity contribution in [2.45, 2.75) is 26.4 Å². The molecule has 0 aromatic heterocycles. The van der Waals surface area contributed by atoms with Crippen LogP contribution in [0.3, 0.4) is 0 Å². The molecule has 0 saturated carbocycles. The Morgan fingerprint density at radius 3 is 2.67 bits per heavy atom. The first-order valence-corrected chi connectivity index (χ1v) is 6.07. The normalized spacial score (nSPS) is 11.1. The van der Waals surface area contributed by atoms with E-state index in [0.717, 1.165) is 0 Å². The van der Waals surface area contributed by atoms with Gasteiger partial charge in [0.2, 0.25) is 0 Å². The van der Waals surface area contributed by atoms with Crippen molar-refractivity contribution in [1.29, 1.82) is 0 Å². The molecule has 0 spiro atoms. The van der Waals surface area contributed by atoms with Crippen LogP contribution in [-0.4, -0.2) is 30.6 Å². The molecule has 0 unspecified atom stereocenters. The lowest BCUT2D eigenvalue weighted by molar-refractivity contribution is -0.142. The third-order valence-electron chi connectivity index (χ3n) is 2.71. The van der Waals surface area contributed by atoms with Crippen molar-refractivity contribution in [2.24, 2.45) is 0 Å². The number of carbonyl (C=O) groups excluding carboxylic acids is 1. The quantitative estimate of drug-likeness (QED) is 0.773. The van der Waals surface area contributed by atoms with Crippen LogP contribution in [0.4, 0.5) is 4.39 Å². The SMILES string of the molecule is COC(=O)CN(Cc1c(F)cccc1Cl)C(C)C. The number of esters is 1. The van der Waals surface area contributed by atoms with Gasteiger partial charge in [0.1, 0.15) is 5.82 Å². The van der Waals surface area contributed by atoms with Crippen molar-refractivity contribution in [1.82, 2.24) is 4.90 Å². The van der Waals surface area contributed by atoms with Gasteiger partial charge >= 0.3 is 5.97 Å². The minimum absolute atomic E-state index is 0.0831. The van der Waals surface area contributed by atoms with Crippen LogP contribution in [0.15, 0.2) is 18.2 Å². The van der Waals surface area contributed by atoms with Crippen LogP contribution < -0.4 is 0 Å². The molecule has 3 nitrogen and oxygen atoms in total. The van der Waals surface area contributed by atoms with E-state index in [0.29, 0.717) is 10.6 Å². The summed E-state index contributed by atoms with van der Waals surface area (Å²) in [5.74, 6) is -0.714. The van der Waals surface area contributed by atoms with E-state index in [9.17, 15) is 9.18 Å². The van der Waals surface area contributed by atoms with E-state index in [1.165, 1.54) is 13.2 Å². The molecule has 0 radical (unpaired) electrons. The summed E-state index contributed by atoms with van der Waals surface area (Å²) in [6, 6.07) is 4.63. The van der Waals surface area contributed by atoms with Crippen molar-refractivity contribution in [3.8, 4) is 0 Å². The molecule has 0 fully saturated rings. The summed E-state index contributed by atoms with van der Waals surface area (Å²) < 4.78 is 18.3. The molecule has 1 aromatic rings. The number of halogens is 2. The predicted octanol–water partition coefficient (Wildman–Crippen LogP) is 2.86. The summed E-state index contributed by atoms with van der Waals surface area (Å²) in [7, 11) is 1.33. The molecule has 0 amide bonds. The van der Waals surface area contributed by atoms with E-state index in [4.69, 9.17) is 11.6 Å². The number of ether oxygens (including phenoxy) is 1. The van der Waals surface area contributed by atoms with Gasteiger partial charge in [0.25, 0.3) is 0 Å². The minimum Gasteiger partial charge on any atom is -0.468 e. The fourth-order valence-corrected chi connectivity index (χ4v) is 1.76. The van der Waals surface area contributed by atoms with Crippen LogP contribution in [-0.2, 0) is 16.1 Å². The number of benzene rings is 1. The average Bonchev–Trinajstić information content (AvgIpc) is 2.31. The largest absolute Gasteiger partial charge is 0.468 e. The highest BCUT2D eigenvalue weighted by molar-refractivity contribution is 6.31. The second kappa shape index (κ2) is 6.71. The molecule has 1 rings (SSSR count). The highest BCUT2D eigenvalue weighted by Crippen LogP contribution is 2.21. The topological polar surface area (TPSA) is 29.5 Å². The minimum atomic E-state index is -0.363. The first-order chi connectivity index (χ1) is 8.45. The van der Waals surface area contributed by atoms with Gasteiger partial charge in [-0.1, -0.05) is 17.7 Å². The molecule has 0 N–H and O–H groups in total. The molecule has 0 atom stereocenters. The lowest BCUT2D eigenvalue weighted by Crippen LogP contribution is -2.36. The van der Waals surface area contributed by atoms with Crippen LogP contribution in [0.2, 0.25) is 5.02 Å². The van der Waals surface area contributed by atoms with E-state index in [-0.39, 0.29) is 30.9 Å². The van der Waals surface area contributed by atoms with Gasteiger partial charge in [0.05, 0.1) is 13.7 Å². The maximum atomic E-state index is 13.7. The lowest BCUT2D eigenvalue weighted by Gasteiger charge is -2.25. The molecule has 0 heterocycles. The fourth-order valence-electron chi connectivity index (χ4n) is 1.54. The Hall–Kier alpha value is -1.13. The lowest BCUT2D eigenvalue weighted by atomic mass is 10.1. The number of carbonyl (C=O) groups is 1. The Morgan fingerprint density at radius 2 is 2.17 bits per heavy atom. The van der Waals surface area contributed by atoms with Crippen LogP contribution in [0.5, 0.6) is 0 Å². The summed E-state index contributed by atoms with van der Waals surface area (Å²) >= 11 is 5.97. The van der Waals surface area contributed by atoms with E-state index in [2.05, 4.69) is 4.74 Å². The monoisotopic (exact) mass is 273 g/mol. The summed E-state index contributed by atoms with van der Waals surface area (Å²) in [6.07, 6.45) is 0. The number of rotatable bonds is 5. The van der Waals surface area contributed by atoms with Gasteiger partial charge in [-0.15, -0.1) is 0 Å². The Bertz CT molecular complexity index is 403. The first kappa shape index (κ1) is 14.9. The Morgan fingerprint density at radius 1 is 1.50 bits per heavy atom. The highest BCUT2D eigenvalue weighted by Gasteiger charge is 2.18. The number of hydrogen-bond donors (Lipinski definition) is 0. The van der Waals surface area contributed by atoms with E-state index >= 15 is 0 Å². The summed E-state index contributed by atoms with van der Waals surface area (Å²) in [5.41, 5.74) is 0.400. The average molecular weight is 274 g/mol. The maximum absolute atomic E-state index is 13.7. The third kappa shape index (κ3) is 3.96. The van der Waals surface area contributed by atoms with Gasteiger partial charge in [0.15, 0.2) is 0 Å². The molecule has 100 valence electrons. The van der Waals surface area contributed by atoms with Crippen molar-refractivity contribution >= 4 is 17.6 Å². The van der Waals surface area contributed by atoms with Gasteiger partial charge in [-0.25, -0.2) is 4.39 Å².